The summed E-state index contributed by atoms with van der Waals surface area (Å²) in [4.78, 5) is 14.7. The molecule has 1 aliphatic rings. The van der Waals surface area contributed by atoms with Crippen molar-refractivity contribution in [3.63, 3.8) is 0 Å². The van der Waals surface area contributed by atoms with Crippen molar-refractivity contribution in [3.05, 3.63) is 113 Å². The Hall–Kier alpha value is -3.17. The first kappa shape index (κ1) is 18.2. The Morgan fingerprint density at radius 3 is 2.04 bits per heavy atom. The quantitative estimate of drug-likeness (QED) is 0.609. The van der Waals surface area contributed by atoms with Gasteiger partial charge in [0.1, 0.15) is 6.10 Å². The maximum absolute atomic E-state index is 12.8. The van der Waals surface area contributed by atoms with E-state index in [-0.39, 0.29) is 12.0 Å². The van der Waals surface area contributed by atoms with Gasteiger partial charge in [-0.25, -0.2) is 0 Å². The van der Waals surface area contributed by atoms with Crippen LogP contribution in [0.25, 0.3) is 6.08 Å². The van der Waals surface area contributed by atoms with E-state index in [2.05, 4.69) is 6.08 Å². The molecular weight excluding hydrogens is 346 g/mol. The summed E-state index contributed by atoms with van der Waals surface area (Å²) in [7, 11) is 0. The smallest absolute Gasteiger partial charge is 0.230 e. The van der Waals surface area contributed by atoms with Gasteiger partial charge in [-0.2, -0.15) is 0 Å². The number of hydrogen-bond acceptors (Lipinski definition) is 2. The number of hydrogen-bond donors (Lipinski definition) is 0. The minimum Gasteiger partial charge on any atom is -0.367 e. The van der Waals surface area contributed by atoms with Crippen molar-refractivity contribution in [1.82, 2.24) is 4.90 Å². The van der Waals surface area contributed by atoms with E-state index in [0.717, 1.165) is 22.4 Å². The maximum atomic E-state index is 12.8. The molecule has 3 heteroatoms. The third-order valence-electron chi connectivity index (χ3n) is 4.89. The van der Waals surface area contributed by atoms with Crippen molar-refractivity contribution in [2.45, 2.75) is 25.7 Å². The van der Waals surface area contributed by atoms with Gasteiger partial charge < -0.3 is 9.64 Å². The summed E-state index contributed by atoms with van der Waals surface area (Å²) in [6.45, 7) is 1.05. The second-order valence-electron chi connectivity index (χ2n) is 6.93. The first-order chi connectivity index (χ1) is 13.8. The molecule has 4 rings (SSSR count). The van der Waals surface area contributed by atoms with Crippen LogP contribution in [-0.4, -0.2) is 16.9 Å². The van der Waals surface area contributed by atoms with E-state index in [0.29, 0.717) is 19.6 Å². The zero-order chi connectivity index (χ0) is 19.2. The molecule has 1 heterocycles. The lowest BCUT2D eigenvalue weighted by molar-refractivity contribution is -0.127. The molecule has 3 aromatic carbocycles. The fraction of sp³-hybridized carbons (Fsp3) is 0.160. The fourth-order valence-electron chi connectivity index (χ4n) is 3.44. The summed E-state index contributed by atoms with van der Waals surface area (Å²) in [5.74, 6) is 0.101. The first-order valence-corrected chi connectivity index (χ1v) is 9.56. The number of nitrogens with zero attached hydrogens (tertiary/aromatic N) is 1. The van der Waals surface area contributed by atoms with Crippen molar-refractivity contribution in [3.8, 4) is 0 Å². The highest BCUT2D eigenvalue weighted by atomic mass is 16.5. The van der Waals surface area contributed by atoms with Crippen LogP contribution in [0, 0.1) is 0 Å². The van der Waals surface area contributed by atoms with Crippen LogP contribution in [-0.2, 0) is 22.7 Å². The van der Waals surface area contributed by atoms with E-state index in [4.69, 9.17) is 4.74 Å². The Balaban J connectivity index is 1.59. The summed E-state index contributed by atoms with van der Waals surface area (Å²) < 4.78 is 6.18. The van der Waals surface area contributed by atoms with Crippen molar-refractivity contribution in [2.24, 2.45) is 0 Å². The van der Waals surface area contributed by atoms with Crippen molar-refractivity contribution in [1.29, 1.82) is 0 Å². The molecular formula is C25H23NO2. The van der Waals surface area contributed by atoms with Crippen LogP contribution in [0.5, 0.6) is 0 Å². The molecule has 3 nitrogen and oxygen atoms in total. The molecule has 0 aliphatic carbocycles. The second-order valence-corrected chi connectivity index (χ2v) is 6.93. The molecule has 0 N–H and O–H groups in total. The molecule has 1 saturated heterocycles. The minimum atomic E-state index is -0.239. The number of benzene rings is 3. The van der Waals surface area contributed by atoms with Gasteiger partial charge in [0.25, 0.3) is 0 Å². The van der Waals surface area contributed by atoms with Gasteiger partial charge in [0, 0.05) is 0 Å². The van der Waals surface area contributed by atoms with Crippen LogP contribution in [0.4, 0.5) is 0 Å². The highest BCUT2D eigenvalue weighted by molar-refractivity contribution is 5.84. The van der Waals surface area contributed by atoms with E-state index in [1.54, 1.807) is 0 Å². The van der Waals surface area contributed by atoms with E-state index < -0.39 is 0 Å². The molecule has 1 atom stereocenters. The summed E-state index contributed by atoms with van der Waals surface area (Å²) in [5.41, 5.74) is 4.21. The van der Waals surface area contributed by atoms with Crippen LogP contribution >= 0.6 is 0 Å². The summed E-state index contributed by atoms with van der Waals surface area (Å²) in [6, 6.07) is 30.3. The zero-order valence-corrected chi connectivity index (χ0v) is 15.7. The van der Waals surface area contributed by atoms with E-state index >= 15 is 0 Å². The lowest BCUT2D eigenvalue weighted by atomic mass is 10.1. The van der Waals surface area contributed by atoms with Gasteiger partial charge in [0.05, 0.1) is 25.3 Å². The number of amides is 1. The van der Waals surface area contributed by atoms with Crippen LogP contribution < -0.4 is 0 Å². The van der Waals surface area contributed by atoms with Gasteiger partial charge >= 0.3 is 0 Å². The SMILES string of the molecule is O=C1C[C@H](OCc2ccccc2)/C(=C\c2ccccc2)N1Cc1ccccc1. The number of carbonyl (C=O) groups excluding carboxylic acids is 1. The van der Waals surface area contributed by atoms with E-state index in [1.165, 1.54) is 0 Å². The summed E-state index contributed by atoms with van der Waals surface area (Å²) in [5, 5.41) is 0. The molecule has 28 heavy (non-hydrogen) atoms. The predicted molar refractivity (Wildman–Crippen MR) is 111 cm³/mol. The monoisotopic (exact) mass is 369 g/mol. The van der Waals surface area contributed by atoms with Crippen molar-refractivity contribution < 1.29 is 9.53 Å². The standard InChI is InChI=1S/C25H23NO2/c27-25-17-24(28-19-22-14-8-3-9-15-22)23(16-20-10-4-1-5-11-20)26(25)18-21-12-6-2-7-13-21/h1-16,24H,17-19H2/b23-16+/t24-/m0/s1. The first-order valence-electron chi connectivity index (χ1n) is 9.56. The molecule has 0 unspecified atom stereocenters. The second kappa shape index (κ2) is 8.68. The van der Waals surface area contributed by atoms with E-state index in [9.17, 15) is 4.79 Å². The van der Waals surface area contributed by atoms with Crippen molar-refractivity contribution >= 4 is 12.0 Å². The van der Waals surface area contributed by atoms with Gasteiger partial charge in [-0.3, -0.25) is 4.79 Å². The zero-order valence-electron chi connectivity index (χ0n) is 15.7. The Labute approximate surface area is 165 Å². The van der Waals surface area contributed by atoms with Crippen molar-refractivity contribution in [2.75, 3.05) is 0 Å². The number of likely N-dealkylation sites (tertiary alicyclic amines) is 1. The fourth-order valence-corrected chi connectivity index (χ4v) is 3.44. The normalized spacial score (nSPS) is 18.0. The number of ether oxygens (including phenoxy) is 1. The molecule has 3 aromatic rings. The van der Waals surface area contributed by atoms with Gasteiger partial charge in [-0.1, -0.05) is 91.0 Å². The summed E-state index contributed by atoms with van der Waals surface area (Å²) in [6.07, 6.45) is 2.21. The number of carbonyl (C=O) groups is 1. The van der Waals surface area contributed by atoms with Gasteiger partial charge in [0.15, 0.2) is 0 Å². The van der Waals surface area contributed by atoms with Gasteiger partial charge in [0.2, 0.25) is 5.91 Å². The largest absolute Gasteiger partial charge is 0.367 e. The Morgan fingerprint density at radius 2 is 1.39 bits per heavy atom. The molecule has 0 saturated carbocycles. The average molecular weight is 369 g/mol. The minimum absolute atomic E-state index is 0.101. The predicted octanol–water partition coefficient (Wildman–Crippen LogP) is 5.05. The molecule has 1 aliphatic heterocycles. The molecule has 0 bridgehead atoms. The highest BCUT2D eigenvalue weighted by Gasteiger charge is 2.35. The maximum Gasteiger partial charge on any atom is 0.230 e. The molecule has 1 amide bonds. The lowest BCUT2D eigenvalue weighted by Crippen LogP contribution is -2.24. The topological polar surface area (TPSA) is 29.5 Å². The third kappa shape index (κ3) is 4.38. The van der Waals surface area contributed by atoms with Crippen LogP contribution in [0.3, 0.4) is 0 Å². The Kier molecular flexibility index (Phi) is 5.64. The lowest BCUT2D eigenvalue weighted by Gasteiger charge is -2.21. The van der Waals surface area contributed by atoms with Crippen LogP contribution in [0.1, 0.15) is 23.1 Å². The third-order valence-corrected chi connectivity index (χ3v) is 4.89. The average Bonchev–Trinajstić information content (AvgIpc) is 3.03. The molecule has 140 valence electrons. The Morgan fingerprint density at radius 1 is 0.821 bits per heavy atom. The highest BCUT2D eigenvalue weighted by Crippen LogP contribution is 2.30. The number of rotatable bonds is 6. The van der Waals surface area contributed by atoms with Gasteiger partial charge in [-0.05, 0) is 22.8 Å². The molecule has 0 aromatic heterocycles. The van der Waals surface area contributed by atoms with Gasteiger partial charge in [-0.15, -0.1) is 0 Å². The van der Waals surface area contributed by atoms with E-state index in [1.807, 2.05) is 95.9 Å². The Bertz CT molecular complexity index is 936. The molecule has 1 fully saturated rings. The summed E-state index contributed by atoms with van der Waals surface area (Å²) >= 11 is 0. The molecule has 0 spiro atoms. The van der Waals surface area contributed by atoms with Crippen LogP contribution in [0.15, 0.2) is 96.7 Å². The van der Waals surface area contributed by atoms with Crippen LogP contribution in [0.2, 0.25) is 0 Å². The molecule has 0 radical (unpaired) electrons.